The van der Waals surface area contributed by atoms with E-state index in [1.807, 2.05) is 13.8 Å². The molecule has 19 heavy (non-hydrogen) atoms. The van der Waals surface area contributed by atoms with Crippen molar-refractivity contribution in [3.8, 4) is 0 Å². The summed E-state index contributed by atoms with van der Waals surface area (Å²) in [5, 5.41) is 9.58. The van der Waals surface area contributed by atoms with Gasteiger partial charge < -0.3 is 15.6 Å². The first kappa shape index (κ1) is 14.8. The zero-order chi connectivity index (χ0) is 14.1. The van der Waals surface area contributed by atoms with E-state index in [-0.39, 0.29) is 24.2 Å². The van der Waals surface area contributed by atoms with Gasteiger partial charge in [-0.3, -0.25) is 4.79 Å². The van der Waals surface area contributed by atoms with E-state index in [9.17, 15) is 9.90 Å². The fraction of sp³-hybridized carbons (Fsp3) is 0.933. The van der Waals surface area contributed by atoms with E-state index in [1.165, 1.54) is 12.8 Å². The summed E-state index contributed by atoms with van der Waals surface area (Å²) in [4.78, 5) is 11.7. The van der Waals surface area contributed by atoms with Gasteiger partial charge in [0, 0.05) is 6.54 Å². The summed E-state index contributed by atoms with van der Waals surface area (Å²) in [7, 11) is 0. The van der Waals surface area contributed by atoms with Gasteiger partial charge in [-0.25, -0.2) is 0 Å². The predicted molar refractivity (Wildman–Crippen MR) is 73.9 cm³/mol. The Morgan fingerprint density at radius 3 is 2.53 bits per heavy atom. The smallest absolute Gasteiger partial charge is 0.311 e. The number of carboxylic acids is 1. The summed E-state index contributed by atoms with van der Waals surface area (Å²) in [5.41, 5.74) is 5.03. The van der Waals surface area contributed by atoms with Gasteiger partial charge in [0.05, 0.1) is 17.1 Å². The number of hydrogen-bond acceptors (Lipinski definition) is 3. The molecule has 1 saturated carbocycles. The molecule has 2 atom stereocenters. The molecule has 1 heterocycles. The van der Waals surface area contributed by atoms with Crippen LogP contribution in [-0.2, 0) is 9.53 Å². The molecule has 2 unspecified atom stereocenters. The third-order valence-electron chi connectivity index (χ3n) is 5.34. The van der Waals surface area contributed by atoms with E-state index >= 15 is 0 Å². The van der Waals surface area contributed by atoms with Crippen LogP contribution in [0.1, 0.15) is 58.8 Å². The van der Waals surface area contributed by atoms with Gasteiger partial charge in [-0.2, -0.15) is 0 Å². The fourth-order valence-electron chi connectivity index (χ4n) is 3.81. The lowest BCUT2D eigenvalue weighted by molar-refractivity contribution is -0.155. The van der Waals surface area contributed by atoms with Crippen molar-refractivity contribution in [1.29, 1.82) is 0 Å². The first-order chi connectivity index (χ1) is 8.94. The Morgan fingerprint density at radius 1 is 1.42 bits per heavy atom. The van der Waals surface area contributed by atoms with E-state index < -0.39 is 11.4 Å². The molecule has 1 aliphatic carbocycles. The quantitative estimate of drug-likeness (QED) is 0.804. The van der Waals surface area contributed by atoms with Crippen molar-refractivity contribution in [3.63, 3.8) is 0 Å². The minimum absolute atomic E-state index is 0.0266. The van der Waals surface area contributed by atoms with Crippen LogP contribution in [0.15, 0.2) is 0 Å². The molecule has 2 rings (SSSR count). The van der Waals surface area contributed by atoms with Crippen molar-refractivity contribution in [2.24, 2.45) is 17.1 Å². The number of hydrogen-bond donors (Lipinski definition) is 2. The number of ether oxygens (including phenoxy) is 1. The molecule has 4 nitrogen and oxygen atoms in total. The van der Waals surface area contributed by atoms with Crippen LogP contribution in [0.2, 0.25) is 0 Å². The molecule has 0 bridgehead atoms. The van der Waals surface area contributed by atoms with Crippen molar-refractivity contribution in [2.45, 2.75) is 70.5 Å². The molecule has 1 saturated heterocycles. The summed E-state index contributed by atoms with van der Waals surface area (Å²) in [6.45, 7) is 4.08. The van der Waals surface area contributed by atoms with E-state index in [1.54, 1.807) is 0 Å². The van der Waals surface area contributed by atoms with E-state index in [4.69, 9.17) is 10.5 Å². The number of aliphatic carboxylic acids is 1. The van der Waals surface area contributed by atoms with Gasteiger partial charge in [-0.05, 0) is 38.0 Å². The molecule has 0 aromatic carbocycles. The van der Waals surface area contributed by atoms with Crippen LogP contribution in [-0.4, -0.2) is 29.3 Å². The molecule has 1 aliphatic heterocycles. The summed E-state index contributed by atoms with van der Waals surface area (Å²) in [6, 6.07) is 0. The first-order valence-corrected chi connectivity index (χ1v) is 7.55. The zero-order valence-electron chi connectivity index (χ0n) is 12.2. The summed E-state index contributed by atoms with van der Waals surface area (Å²) >= 11 is 0. The minimum atomic E-state index is -0.838. The molecule has 4 heteroatoms. The van der Waals surface area contributed by atoms with E-state index in [2.05, 4.69) is 0 Å². The van der Waals surface area contributed by atoms with Gasteiger partial charge in [0.2, 0.25) is 0 Å². The Hall–Kier alpha value is -0.610. The van der Waals surface area contributed by atoms with Gasteiger partial charge in [-0.1, -0.05) is 26.7 Å². The number of carboxylic acid groups (broad SMARTS) is 1. The van der Waals surface area contributed by atoms with Gasteiger partial charge in [0.1, 0.15) is 0 Å². The van der Waals surface area contributed by atoms with Crippen LogP contribution in [0.4, 0.5) is 0 Å². The Bertz CT molecular complexity index is 336. The topological polar surface area (TPSA) is 72.5 Å². The summed E-state index contributed by atoms with van der Waals surface area (Å²) < 4.78 is 6.25. The maximum atomic E-state index is 11.7. The van der Waals surface area contributed by atoms with Gasteiger partial charge in [0.25, 0.3) is 0 Å². The second-order valence-corrected chi connectivity index (χ2v) is 6.69. The lowest BCUT2D eigenvalue weighted by atomic mass is 9.72. The summed E-state index contributed by atoms with van der Waals surface area (Å²) in [6.07, 6.45) is 7.49. The molecule has 0 aromatic heterocycles. The molecule has 3 N–H and O–H groups in total. The highest BCUT2D eigenvalue weighted by Gasteiger charge is 2.48. The van der Waals surface area contributed by atoms with Crippen molar-refractivity contribution < 1.29 is 14.6 Å². The Kier molecular flexibility index (Phi) is 4.21. The largest absolute Gasteiger partial charge is 0.481 e. The predicted octanol–water partition coefficient (Wildman–Crippen LogP) is 2.55. The average Bonchev–Trinajstić information content (AvgIpc) is 2.96. The molecule has 0 amide bonds. The highest BCUT2D eigenvalue weighted by molar-refractivity contribution is 5.75. The molecule has 0 aromatic rings. The van der Waals surface area contributed by atoms with Gasteiger partial charge >= 0.3 is 5.97 Å². The van der Waals surface area contributed by atoms with E-state index in [0.29, 0.717) is 6.42 Å². The second kappa shape index (κ2) is 5.41. The van der Waals surface area contributed by atoms with Crippen molar-refractivity contribution >= 4 is 5.97 Å². The normalized spacial score (nSPS) is 28.9. The van der Waals surface area contributed by atoms with Crippen LogP contribution < -0.4 is 5.73 Å². The fourth-order valence-corrected chi connectivity index (χ4v) is 3.81. The second-order valence-electron chi connectivity index (χ2n) is 6.69. The lowest BCUT2D eigenvalue weighted by Gasteiger charge is -2.35. The molecule has 2 aliphatic rings. The maximum absolute atomic E-state index is 11.7. The third-order valence-corrected chi connectivity index (χ3v) is 5.34. The zero-order valence-corrected chi connectivity index (χ0v) is 12.2. The molecule has 2 fully saturated rings. The SMILES string of the molecule is CC(C)C(CN)(CC1CCC2(CCCC2)O1)C(=O)O. The molecular weight excluding hydrogens is 242 g/mol. The van der Waals surface area contributed by atoms with E-state index in [0.717, 1.165) is 25.7 Å². The van der Waals surface area contributed by atoms with Gasteiger partial charge in [-0.15, -0.1) is 0 Å². The number of rotatable bonds is 5. The highest BCUT2D eigenvalue weighted by atomic mass is 16.5. The number of carbonyl (C=O) groups is 1. The standard InChI is InChI=1S/C15H27NO3/c1-11(2)15(10-16,13(17)18)9-12-5-8-14(19-12)6-3-4-7-14/h11-12H,3-10,16H2,1-2H3,(H,17,18). The number of nitrogens with two attached hydrogens (primary N) is 1. The van der Waals surface area contributed by atoms with Crippen molar-refractivity contribution in [1.82, 2.24) is 0 Å². The average molecular weight is 269 g/mol. The van der Waals surface area contributed by atoms with Crippen molar-refractivity contribution in [2.75, 3.05) is 6.54 Å². The Balaban J connectivity index is 2.05. The minimum Gasteiger partial charge on any atom is -0.481 e. The molecular formula is C15H27NO3. The first-order valence-electron chi connectivity index (χ1n) is 7.55. The van der Waals surface area contributed by atoms with Crippen LogP contribution in [0, 0.1) is 11.3 Å². The third kappa shape index (κ3) is 2.65. The van der Waals surface area contributed by atoms with Crippen LogP contribution >= 0.6 is 0 Å². The van der Waals surface area contributed by atoms with Crippen LogP contribution in [0.3, 0.4) is 0 Å². The van der Waals surface area contributed by atoms with Crippen LogP contribution in [0.25, 0.3) is 0 Å². The summed E-state index contributed by atoms with van der Waals surface area (Å²) in [5.74, 6) is -0.750. The monoisotopic (exact) mass is 269 g/mol. The lowest BCUT2D eigenvalue weighted by Crippen LogP contribution is -2.45. The maximum Gasteiger partial charge on any atom is 0.311 e. The van der Waals surface area contributed by atoms with Crippen LogP contribution in [0.5, 0.6) is 0 Å². The Morgan fingerprint density at radius 2 is 2.05 bits per heavy atom. The molecule has 1 spiro atoms. The van der Waals surface area contributed by atoms with Gasteiger partial charge in [0.15, 0.2) is 0 Å². The molecule has 110 valence electrons. The van der Waals surface area contributed by atoms with Crippen molar-refractivity contribution in [3.05, 3.63) is 0 Å². The molecule has 0 radical (unpaired) electrons. The highest BCUT2D eigenvalue weighted by Crippen LogP contribution is 2.46. The Labute approximate surface area is 115 Å².